The van der Waals surface area contributed by atoms with Crippen molar-refractivity contribution in [2.24, 2.45) is 0 Å². The van der Waals surface area contributed by atoms with Crippen LogP contribution in [0.4, 0.5) is 0 Å². The van der Waals surface area contributed by atoms with E-state index in [0.29, 0.717) is 36.7 Å². The van der Waals surface area contributed by atoms with Crippen LogP contribution in [0.2, 0.25) is 0 Å². The highest BCUT2D eigenvalue weighted by molar-refractivity contribution is 7.11. The fraction of sp³-hybridized carbons (Fsp3) is 0.333. The van der Waals surface area contributed by atoms with Crippen LogP contribution in [0.1, 0.15) is 39.0 Å². The van der Waals surface area contributed by atoms with Gasteiger partial charge >= 0.3 is 0 Å². The van der Waals surface area contributed by atoms with E-state index < -0.39 is 0 Å². The molecule has 0 spiro atoms. The molecule has 1 aromatic heterocycles. The Hall–Kier alpha value is -3.32. The van der Waals surface area contributed by atoms with Crippen LogP contribution in [-0.4, -0.2) is 48.9 Å². The Kier molecular flexibility index (Phi) is 9.10. The lowest BCUT2D eigenvalue weighted by atomic mass is 10.1. The van der Waals surface area contributed by atoms with Gasteiger partial charge in [-0.15, -0.1) is 11.3 Å². The van der Waals surface area contributed by atoms with Crippen LogP contribution >= 0.6 is 11.3 Å². The Morgan fingerprint density at radius 2 is 1.56 bits per heavy atom. The number of hydrogen-bond acceptors (Lipinski definition) is 5. The van der Waals surface area contributed by atoms with Gasteiger partial charge in [0.2, 0.25) is 5.91 Å². The summed E-state index contributed by atoms with van der Waals surface area (Å²) in [6, 6.07) is 19.1. The van der Waals surface area contributed by atoms with Crippen molar-refractivity contribution >= 4 is 23.2 Å². The smallest absolute Gasteiger partial charge is 0.254 e. The molecule has 1 heterocycles. The van der Waals surface area contributed by atoms with E-state index in [1.165, 1.54) is 4.88 Å². The maximum absolute atomic E-state index is 13.5. The summed E-state index contributed by atoms with van der Waals surface area (Å²) in [6.45, 7) is 5.52. The van der Waals surface area contributed by atoms with E-state index in [9.17, 15) is 9.59 Å². The number of ether oxygens (including phenoxy) is 2. The summed E-state index contributed by atoms with van der Waals surface area (Å²) in [5.41, 5.74) is 1.48. The van der Waals surface area contributed by atoms with Gasteiger partial charge in [0.15, 0.2) is 0 Å². The molecule has 0 saturated heterocycles. The van der Waals surface area contributed by atoms with Gasteiger partial charge in [-0.25, -0.2) is 0 Å². The molecule has 6 nitrogen and oxygen atoms in total. The maximum atomic E-state index is 13.5. The van der Waals surface area contributed by atoms with Gasteiger partial charge in [0.1, 0.15) is 18.0 Å². The summed E-state index contributed by atoms with van der Waals surface area (Å²) in [5, 5.41) is 0. The topological polar surface area (TPSA) is 59.1 Å². The maximum Gasteiger partial charge on any atom is 0.254 e. The molecule has 0 saturated carbocycles. The Bertz CT molecular complexity index is 1070. The van der Waals surface area contributed by atoms with Crippen molar-refractivity contribution in [1.82, 2.24) is 9.80 Å². The standard InChI is InChI=1S/C27H32N2O4S/c1-5-13-28(27(31)22-14-23(32-3)16-24(15-22)33-4)19-26(30)29(17-21-9-7-6-8-10-21)18-25-12-11-20(2)34-25/h6-12,14-16H,5,13,17-19H2,1-4H3. The van der Waals surface area contributed by atoms with Crippen molar-refractivity contribution in [2.45, 2.75) is 33.4 Å². The van der Waals surface area contributed by atoms with Crippen LogP contribution in [0.15, 0.2) is 60.7 Å². The fourth-order valence-electron chi connectivity index (χ4n) is 3.69. The summed E-state index contributed by atoms with van der Waals surface area (Å²) in [7, 11) is 3.09. The first-order valence-corrected chi connectivity index (χ1v) is 12.1. The molecule has 34 heavy (non-hydrogen) atoms. The van der Waals surface area contributed by atoms with E-state index in [2.05, 4.69) is 19.1 Å². The van der Waals surface area contributed by atoms with Crippen LogP contribution in [0.3, 0.4) is 0 Å². The number of amides is 2. The molecule has 0 unspecified atom stereocenters. The quantitative estimate of drug-likeness (QED) is 0.381. The van der Waals surface area contributed by atoms with E-state index in [1.807, 2.05) is 42.2 Å². The van der Waals surface area contributed by atoms with Gasteiger partial charge in [-0.05, 0) is 43.2 Å². The number of benzene rings is 2. The molecule has 180 valence electrons. The predicted molar refractivity (Wildman–Crippen MR) is 135 cm³/mol. The van der Waals surface area contributed by atoms with E-state index >= 15 is 0 Å². The zero-order valence-corrected chi connectivity index (χ0v) is 21.1. The first-order valence-electron chi connectivity index (χ1n) is 11.3. The van der Waals surface area contributed by atoms with Gasteiger partial charge in [0, 0.05) is 34.5 Å². The third kappa shape index (κ3) is 6.84. The second-order valence-corrected chi connectivity index (χ2v) is 9.45. The van der Waals surface area contributed by atoms with Crippen molar-refractivity contribution in [1.29, 1.82) is 0 Å². The zero-order chi connectivity index (χ0) is 24.5. The van der Waals surface area contributed by atoms with Gasteiger partial charge in [0.25, 0.3) is 5.91 Å². The second kappa shape index (κ2) is 12.2. The lowest BCUT2D eigenvalue weighted by Crippen LogP contribution is -2.42. The van der Waals surface area contributed by atoms with E-state index in [1.54, 1.807) is 48.7 Å². The number of hydrogen-bond donors (Lipinski definition) is 0. The van der Waals surface area contributed by atoms with E-state index in [4.69, 9.17) is 9.47 Å². The lowest BCUT2D eigenvalue weighted by molar-refractivity contribution is -0.133. The SMILES string of the molecule is CCCN(CC(=O)N(Cc1ccccc1)Cc1ccc(C)s1)C(=O)c1cc(OC)cc(OC)c1. The van der Waals surface area contributed by atoms with Crippen LogP contribution < -0.4 is 9.47 Å². The molecule has 0 radical (unpaired) electrons. The summed E-state index contributed by atoms with van der Waals surface area (Å²) < 4.78 is 10.6. The van der Waals surface area contributed by atoms with Crippen LogP contribution in [-0.2, 0) is 17.9 Å². The van der Waals surface area contributed by atoms with Crippen LogP contribution in [0, 0.1) is 6.92 Å². The minimum atomic E-state index is -0.223. The van der Waals surface area contributed by atoms with Crippen molar-refractivity contribution in [2.75, 3.05) is 27.3 Å². The highest BCUT2D eigenvalue weighted by Crippen LogP contribution is 2.24. The molecule has 0 bridgehead atoms. The molecular weight excluding hydrogens is 448 g/mol. The Morgan fingerprint density at radius 3 is 2.12 bits per heavy atom. The Balaban J connectivity index is 1.83. The first kappa shape index (κ1) is 25.3. The Labute approximate surface area is 205 Å². The molecular formula is C27H32N2O4S. The molecule has 0 atom stereocenters. The average molecular weight is 481 g/mol. The zero-order valence-electron chi connectivity index (χ0n) is 20.2. The minimum absolute atomic E-state index is 0.00336. The average Bonchev–Trinajstić information content (AvgIpc) is 3.27. The van der Waals surface area contributed by atoms with Crippen LogP contribution in [0.5, 0.6) is 11.5 Å². The number of nitrogens with zero attached hydrogens (tertiary/aromatic N) is 2. The minimum Gasteiger partial charge on any atom is -0.497 e. The number of methoxy groups -OCH3 is 2. The van der Waals surface area contributed by atoms with E-state index in [-0.39, 0.29) is 18.4 Å². The number of carbonyl (C=O) groups is 2. The highest BCUT2D eigenvalue weighted by atomic mass is 32.1. The number of thiophene rings is 1. The van der Waals surface area contributed by atoms with Gasteiger partial charge in [-0.2, -0.15) is 0 Å². The molecule has 2 amide bonds. The monoisotopic (exact) mass is 480 g/mol. The summed E-state index contributed by atoms with van der Waals surface area (Å²) in [4.78, 5) is 32.7. The van der Waals surface area contributed by atoms with Gasteiger partial charge < -0.3 is 19.3 Å². The molecule has 0 aliphatic rings. The van der Waals surface area contributed by atoms with Gasteiger partial charge in [-0.1, -0.05) is 37.3 Å². The summed E-state index contributed by atoms with van der Waals surface area (Å²) in [5.74, 6) is 0.749. The molecule has 2 aromatic carbocycles. The number of rotatable bonds is 11. The van der Waals surface area contributed by atoms with Crippen molar-refractivity contribution in [3.8, 4) is 11.5 Å². The largest absolute Gasteiger partial charge is 0.497 e. The molecule has 0 aliphatic carbocycles. The van der Waals surface area contributed by atoms with Crippen LogP contribution in [0.25, 0.3) is 0 Å². The molecule has 0 N–H and O–H groups in total. The molecule has 7 heteroatoms. The molecule has 0 fully saturated rings. The highest BCUT2D eigenvalue weighted by Gasteiger charge is 2.23. The lowest BCUT2D eigenvalue weighted by Gasteiger charge is -2.28. The first-order chi connectivity index (χ1) is 16.4. The molecule has 0 aliphatic heterocycles. The third-order valence-electron chi connectivity index (χ3n) is 5.42. The molecule has 3 rings (SSSR count). The normalized spacial score (nSPS) is 10.6. The van der Waals surface area contributed by atoms with Crippen molar-refractivity contribution in [3.63, 3.8) is 0 Å². The molecule has 3 aromatic rings. The van der Waals surface area contributed by atoms with E-state index in [0.717, 1.165) is 16.9 Å². The van der Waals surface area contributed by atoms with Gasteiger partial charge in [0.05, 0.1) is 20.8 Å². The number of carbonyl (C=O) groups excluding carboxylic acids is 2. The van der Waals surface area contributed by atoms with Gasteiger partial charge in [-0.3, -0.25) is 9.59 Å². The van der Waals surface area contributed by atoms with Crippen molar-refractivity contribution in [3.05, 3.63) is 81.5 Å². The third-order valence-corrected chi connectivity index (χ3v) is 6.40. The van der Waals surface area contributed by atoms with Crippen molar-refractivity contribution < 1.29 is 19.1 Å². The Morgan fingerprint density at radius 1 is 0.882 bits per heavy atom. The second-order valence-electron chi connectivity index (χ2n) is 8.08. The predicted octanol–water partition coefficient (Wildman–Crippen LogP) is 5.15. The fourth-order valence-corrected chi connectivity index (χ4v) is 4.60. The number of aryl methyl sites for hydroxylation is 1. The summed E-state index contributed by atoms with van der Waals surface area (Å²) >= 11 is 1.68. The summed E-state index contributed by atoms with van der Waals surface area (Å²) in [6.07, 6.45) is 0.739.